The first-order valence-corrected chi connectivity index (χ1v) is 8.86. The Hall–Kier alpha value is -2.97. The average Bonchev–Trinajstić information content (AvgIpc) is 3.04. The van der Waals surface area contributed by atoms with Gasteiger partial charge in [0.2, 0.25) is 0 Å². The van der Waals surface area contributed by atoms with E-state index >= 15 is 0 Å². The van der Waals surface area contributed by atoms with Gasteiger partial charge < -0.3 is 4.98 Å². The summed E-state index contributed by atoms with van der Waals surface area (Å²) >= 11 is 0. The Morgan fingerprint density at radius 2 is 1.68 bits per heavy atom. The van der Waals surface area contributed by atoms with Crippen LogP contribution in [0.5, 0.6) is 0 Å². The second-order valence-corrected chi connectivity index (χ2v) is 7.07. The Morgan fingerprint density at radius 1 is 1.00 bits per heavy atom. The second kappa shape index (κ2) is 6.50. The predicted octanol–water partition coefficient (Wildman–Crippen LogP) is 1.99. The molecule has 1 aromatic heterocycles. The molecule has 0 fully saturated rings. The summed E-state index contributed by atoms with van der Waals surface area (Å²) in [6.45, 7) is 1.39. The highest BCUT2D eigenvalue weighted by Crippen LogP contribution is 2.17. The first-order valence-electron chi connectivity index (χ1n) is 7.38. The minimum atomic E-state index is -3.95. The van der Waals surface area contributed by atoms with Crippen molar-refractivity contribution in [1.82, 2.24) is 15.2 Å². The highest BCUT2D eigenvalue weighted by Gasteiger charge is 2.17. The standard InChI is InChI=1S/C17H15N3O4S/c1-11(21)12-6-8-13(9-7-12)25(23,24)20-19-17(22)15-10-18-16-5-3-2-4-14(15)16/h2-10,18,20H,1H3,(H,19,22). The molecule has 128 valence electrons. The van der Waals surface area contributed by atoms with Crippen LogP contribution in [0.25, 0.3) is 10.9 Å². The lowest BCUT2D eigenvalue weighted by Crippen LogP contribution is -2.41. The minimum Gasteiger partial charge on any atom is -0.360 e. The molecule has 8 heteroatoms. The van der Waals surface area contributed by atoms with Crippen LogP contribution in [0.3, 0.4) is 0 Å². The molecule has 0 aliphatic heterocycles. The van der Waals surface area contributed by atoms with Crippen molar-refractivity contribution in [2.45, 2.75) is 11.8 Å². The Bertz CT molecular complexity index is 1050. The molecule has 0 saturated carbocycles. The van der Waals surface area contributed by atoms with E-state index < -0.39 is 15.9 Å². The molecule has 3 aromatic rings. The van der Waals surface area contributed by atoms with Gasteiger partial charge in [0.25, 0.3) is 15.9 Å². The molecule has 3 N–H and O–H groups in total. The number of para-hydroxylation sites is 1. The van der Waals surface area contributed by atoms with Gasteiger partial charge >= 0.3 is 0 Å². The quantitative estimate of drug-likeness (QED) is 0.479. The number of carbonyl (C=O) groups is 2. The van der Waals surface area contributed by atoms with E-state index in [0.717, 1.165) is 5.52 Å². The maximum Gasteiger partial charge on any atom is 0.268 e. The van der Waals surface area contributed by atoms with Crippen LogP contribution in [-0.4, -0.2) is 25.1 Å². The van der Waals surface area contributed by atoms with E-state index in [1.54, 1.807) is 12.1 Å². The van der Waals surface area contributed by atoms with Crippen molar-refractivity contribution < 1.29 is 18.0 Å². The van der Waals surface area contributed by atoms with Gasteiger partial charge in [-0.2, -0.15) is 0 Å². The van der Waals surface area contributed by atoms with Gasteiger partial charge in [-0.1, -0.05) is 30.3 Å². The number of sulfonamides is 1. The molecule has 2 aromatic carbocycles. The van der Waals surface area contributed by atoms with E-state index in [1.807, 2.05) is 12.1 Å². The summed E-state index contributed by atoms with van der Waals surface area (Å²) in [7, 11) is -3.95. The summed E-state index contributed by atoms with van der Waals surface area (Å²) in [6.07, 6.45) is 1.51. The molecule has 0 spiro atoms. The summed E-state index contributed by atoms with van der Waals surface area (Å²) in [5, 5.41) is 0.685. The Morgan fingerprint density at radius 3 is 2.36 bits per heavy atom. The third-order valence-corrected chi connectivity index (χ3v) is 4.97. The van der Waals surface area contributed by atoms with Gasteiger partial charge in [-0.25, -0.2) is 8.42 Å². The number of hydrogen-bond donors (Lipinski definition) is 3. The molecule has 25 heavy (non-hydrogen) atoms. The normalized spacial score (nSPS) is 11.4. The van der Waals surface area contributed by atoms with Crippen LogP contribution in [-0.2, 0) is 10.0 Å². The Balaban J connectivity index is 1.75. The van der Waals surface area contributed by atoms with Crippen molar-refractivity contribution in [1.29, 1.82) is 0 Å². The van der Waals surface area contributed by atoms with Crippen molar-refractivity contribution in [2.24, 2.45) is 0 Å². The maximum atomic E-state index is 12.2. The molecule has 0 bridgehead atoms. The van der Waals surface area contributed by atoms with Gasteiger partial charge in [0, 0.05) is 22.7 Å². The number of Topliss-reactive ketones (excluding diaryl/α,β-unsaturated/α-hetero) is 1. The molecule has 0 atom stereocenters. The fraction of sp³-hybridized carbons (Fsp3) is 0.0588. The molecular formula is C17H15N3O4S. The lowest BCUT2D eigenvalue weighted by atomic mass is 10.2. The Labute approximate surface area is 144 Å². The van der Waals surface area contributed by atoms with Crippen LogP contribution in [0, 0.1) is 0 Å². The molecule has 1 heterocycles. The van der Waals surface area contributed by atoms with E-state index in [9.17, 15) is 18.0 Å². The van der Waals surface area contributed by atoms with Gasteiger partial charge in [-0.3, -0.25) is 15.0 Å². The van der Waals surface area contributed by atoms with E-state index in [1.165, 1.54) is 37.4 Å². The zero-order chi connectivity index (χ0) is 18.0. The number of benzene rings is 2. The fourth-order valence-corrected chi connectivity index (χ4v) is 3.21. The van der Waals surface area contributed by atoms with Gasteiger partial charge in [-0.15, -0.1) is 4.83 Å². The molecule has 3 rings (SSSR count). The molecule has 1 amide bonds. The monoisotopic (exact) mass is 357 g/mol. The van der Waals surface area contributed by atoms with Crippen molar-refractivity contribution >= 4 is 32.6 Å². The number of hydrogen-bond acceptors (Lipinski definition) is 4. The Kier molecular flexibility index (Phi) is 4.39. The molecular weight excluding hydrogens is 342 g/mol. The smallest absolute Gasteiger partial charge is 0.268 e. The van der Waals surface area contributed by atoms with Crippen LogP contribution in [0.4, 0.5) is 0 Å². The first-order chi connectivity index (χ1) is 11.9. The average molecular weight is 357 g/mol. The van der Waals surface area contributed by atoms with Crippen molar-refractivity contribution in [3.05, 3.63) is 65.9 Å². The molecule has 0 unspecified atom stereocenters. The van der Waals surface area contributed by atoms with Crippen LogP contribution in [0.15, 0.2) is 59.6 Å². The lowest BCUT2D eigenvalue weighted by molar-refractivity contribution is 0.0946. The van der Waals surface area contributed by atoms with E-state index in [4.69, 9.17) is 0 Å². The predicted molar refractivity (Wildman–Crippen MR) is 92.5 cm³/mol. The fourth-order valence-electron chi connectivity index (χ4n) is 2.37. The van der Waals surface area contributed by atoms with Crippen LogP contribution in [0.2, 0.25) is 0 Å². The summed E-state index contributed by atoms with van der Waals surface area (Å²) in [4.78, 5) is 28.4. The largest absolute Gasteiger partial charge is 0.360 e. The SMILES string of the molecule is CC(=O)c1ccc(S(=O)(=O)NNC(=O)c2c[nH]c3ccccc23)cc1. The number of H-pyrrole nitrogens is 1. The summed E-state index contributed by atoms with van der Waals surface area (Å²) in [5.74, 6) is -0.745. The van der Waals surface area contributed by atoms with Crippen molar-refractivity contribution in [2.75, 3.05) is 0 Å². The van der Waals surface area contributed by atoms with Crippen LogP contribution >= 0.6 is 0 Å². The topological polar surface area (TPSA) is 108 Å². The first kappa shape index (κ1) is 16.9. The van der Waals surface area contributed by atoms with Crippen LogP contribution in [0.1, 0.15) is 27.6 Å². The number of aromatic amines is 1. The number of fused-ring (bicyclic) bond motifs is 1. The van der Waals surface area contributed by atoms with Crippen LogP contribution < -0.4 is 10.3 Å². The molecule has 0 aliphatic carbocycles. The zero-order valence-electron chi connectivity index (χ0n) is 13.2. The van der Waals surface area contributed by atoms with E-state index in [0.29, 0.717) is 16.5 Å². The lowest BCUT2D eigenvalue weighted by Gasteiger charge is -2.08. The summed E-state index contributed by atoms with van der Waals surface area (Å²) < 4.78 is 24.5. The number of amides is 1. The number of aromatic nitrogens is 1. The zero-order valence-corrected chi connectivity index (χ0v) is 14.1. The van der Waals surface area contributed by atoms with Gasteiger partial charge in [-0.05, 0) is 25.1 Å². The second-order valence-electron chi connectivity index (χ2n) is 5.39. The van der Waals surface area contributed by atoms with E-state index in [2.05, 4.69) is 15.2 Å². The van der Waals surface area contributed by atoms with E-state index in [-0.39, 0.29) is 10.7 Å². The molecule has 7 nitrogen and oxygen atoms in total. The summed E-state index contributed by atoms with van der Waals surface area (Å²) in [6, 6.07) is 12.6. The number of nitrogens with one attached hydrogen (secondary N) is 3. The van der Waals surface area contributed by atoms with Crippen molar-refractivity contribution in [3.63, 3.8) is 0 Å². The van der Waals surface area contributed by atoms with Crippen molar-refractivity contribution in [3.8, 4) is 0 Å². The maximum absolute atomic E-state index is 12.2. The van der Waals surface area contributed by atoms with Gasteiger partial charge in [0.15, 0.2) is 5.78 Å². The third-order valence-electron chi connectivity index (χ3n) is 3.70. The highest BCUT2D eigenvalue weighted by molar-refractivity contribution is 7.89. The minimum absolute atomic E-state index is 0.0586. The molecule has 0 saturated heterocycles. The number of hydrazine groups is 1. The summed E-state index contributed by atoms with van der Waals surface area (Å²) in [5.41, 5.74) is 3.69. The number of rotatable bonds is 5. The van der Waals surface area contributed by atoms with Gasteiger partial charge in [0.1, 0.15) is 0 Å². The molecule has 0 radical (unpaired) electrons. The number of carbonyl (C=O) groups excluding carboxylic acids is 2. The number of ketones is 1. The molecule has 0 aliphatic rings. The third kappa shape index (κ3) is 3.44. The van der Waals surface area contributed by atoms with Gasteiger partial charge in [0.05, 0.1) is 10.5 Å². The highest BCUT2D eigenvalue weighted by atomic mass is 32.2.